The van der Waals surface area contributed by atoms with Crippen LogP contribution in [0.25, 0.3) is 0 Å². The Morgan fingerprint density at radius 3 is 2.76 bits per heavy atom. The smallest absolute Gasteiger partial charge is 0.0547 e. The van der Waals surface area contributed by atoms with Gasteiger partial charge in [0.15, 0.2) is 0 Å². The van der Waals surface area contributed by atoms with Gasteiger partial charge in [-0.15, -0.1) is 0 Å². The van der Waals surface area contributed by atoms with E-state index in [-0.39, 0.29) is 0 Å². The van der Waals surface area contributed by atoms with Crippen molar-refractivity contribution in [3.8, 4) is 0 Å². The quantitative estimate of drug-likeness (QED) is 0.869. The standard InChI is InChI=1S/C18H31N3/c1-14(2)11-19-12-17-6-5-7-18(20-17)13-21-9-8-15(3)10-16(21)4/h5-7,14-16,19H,8-13H2,1-4H3. The van der Waals surface area contributed by atoms with Gasteiger partial charge in [0, 0.05) is 19.1 Å². The van der Waals surface area contributed by atoms with Gasteiger partial charge in [0.2, 0.25) is 0 Å². The third-order valence-corrected chi connectivity index (χ3v) is 4.36. The first kappa shape index (κ1) is 16.4. The fraction of sp³-hybridized carbons (Fsp3) is 0.722. The molecule has 1 saturated heterocycles. The molecule has 0 bridgehead atoms. The number of pyridine rings is 1. The van der Waals surface area contributed by atoms with Crippen molar-refractivity contribution in [1.29, 1.82) is 0 Å². The van der Waals surface area contributed by atoms with Crippen LogP contribution in [0.2, 0.25) is 0 Å². The number of hydrogen-bond donors (Lipinski definition) is 1. The third-order valence-electron chi connectivity index (χ3n) is 4.36. The minimum atomic E-state index is 0.679. The molecule has 1 aliphatic heterocycles. The second-order valence-electron chi connectivity index (χ2n) is 7.09. The van der Waals surface area contributed by atoms with Crippen molar-refractivity contribution in [2.45, 2.75) is 59.7 Å². The molecule has 0 aromatic carbocycles. The van der Waals surface area contributed by atoms with E-state index in [0.29, 0.717) is 12.0 Å². The van der Waals surface area contributed by atoms with Crippen LogP contribution in [0, 0.1) is 11.8 Å². The number of piperidine rings is 1. The molecule has 0 spiro atoms. The molecular weight excluding hydrogens is 258 g/mol. The summed E-state index contributed by atoms with van der Waals surface area (Å²) in [5, 5.41) is 3.47. The Balaban J connectivity index is 1.88. The monoisotopic (exact) mass is 289 g/mol. The van der Waals surface area contributed by atoms with Crippen LogP contribution in [0.5, 0.6) is 0 Å². The Morgan fingerprint density at radius 2 is 2.05 bits per heavy atom. The summed E-state index contributed by atoms with van der Waals surface area (Å²) < 4.78 is 0. The molecule has 2 heterocycles. The fourth-order valence-electron chi connectivity index (χ4n) is 3.10. The maximum atomic E-state index is 4.81. The molecule has 0 amide bonds. The van der Waals surface area contributed by atoms with Crippen LogP contribution in [-0.2, 0) is 13.1 Å². The van der Waals surface area contributed by atoms with Gasteiger partial charge < -0.3 is 5.32 Å². The molecule has 2 unspecified atom stereocenters. The van der Waals surface area contributed by atoms with Crippen molar-refractivity contribution >= 4 is 0 Å². The lowest BCUT2D eigenvalue weighted by Gasteiger charge is -2.36. The summed E-state index contributed by atoms with van der Waals surface area (Å²) in [4.78, 5) is 7.39. The summed E-state index contributed by atoms with van der Waals surface area (Å²) in [5.74, 6) is 1.56. The predicted octanol–water partition coefficient (Wildman–Crippen LogP) is 3.45. The van der Waals surface area contributed by atoms with Crippen molar-refractivity contribution in [3.63, 3.8) is 0 Å². The van der Waals surface area contributed by atoms with Crippen LogP contribution in [0.15, 0.2) is 18.2 Å². The Labute approximate surface area is 130 Å². The molecule has 1 aromatic rings. The number of likely N-dealkylation sites (tertiary alicyclic amines) is 1. The third kappa shape index (κ3) is 5.40. The van der Waals surface area contributed by atoms with Crippen LogP contribution >= 0.6 is 0 Å². The zero-order chi connectivity index (χ0) is 15.2. The molecule has 0 radical (unpaired) electrons. The van der Waals surface area contributed by atoms with Gasteiger partial charge in [-0.3, -0.25) is 9.88 Å². The van der Waals surface area contributed by atoms with Crippen LogP contribution in [0.3, 0.4) is 0 Å². The topological polar surface area (TPSA) is 28.2 Å². The van der Waals surface area contributed by atoms with Crippen molar-refractivity contribution in [3.05, 3.63) is 29.6 Å². The number of nitrogens with one attached hydrogen (secondary N) is 1. The van der Waals surface area contributed by atoms with Crippen LogP contribution < -0.4 is 5.32 Å². The Hall–Kier alpha value is -0.930. The highest BCUT2D eigenvalue weighted by molar-refractivity contribution is 5.11. The van der Waals surface area contributed by atoms with Crippen molar-refractivity contribution in [1.82, 2.24) is 15.2 Å². The first-order valence-electron chi connectivity index (χ1n) is 8.44. The van der Waals surface area contributed by atoms with E-state index in [9.17, 15) is 0 Å². The van der Waals surface area contributed by atoms with Gasteiger partial charge in [-0.25, -0.2) is 0 Å². The van der Waals surface area contributed by atoms with Crippen molar-refractivity contribution in [2.24, 2.45) is 11.8 Å². The summed E-state index contributed by atoms with van der Waals surface area (Å²) in [6.07, 6.45) is 2.63. The van der Waals surface area contributed by atoms with Crippen LogP contribution in [-0.4, -0.2) is 29.0 Å². The van der Waals surface area contributed by atoms with E-state index in [2.05, 4.69) is 56.1 Å². The summed E-state index contributed by atoms with van der Waals surface area (Å²) >= 11 is 0. The Bertz CT molecular complexity index is 430. The van der Waals surface area contributed by atoms with Crippen LogP contribution in [0.4, 0.5) is 0 Å². The van der Waals surface area contributed by atoms with E-state index in [1.54, 1.807) is 0 Å². The molecular formula is C18H31N3. The van der Waals surface area contributed by atoms with Gasteiger partial charge in [0.05, 0.1) is 11.4 Å². The first-order valence-corrected chi connectivity index (χ1v) is 8.44. The minimum Gasteiger partial charge on any atom is -0.311 e. The van der Waals surface area contributed by atoms with Crippen molar-refractivity contribution in [2.75, 3.05) is 13.1 Å². The number of rotatable bonds is 6. The maximum absolute atomic E-state index is 4.81. The minimum absolute atomic E-state index is 0.679. The zero-order valence-corrected chi connectivity index (χ0v) is 14.1. The molecule has 21 heavy (non-hydrogen) atoms. The van der Waals surface area contributed by atoms with Gasteiger partial charge in [-0.05, 0) is 56.8 Å². The molecule has 3 heteroatoms. The maximum Gasteiger partial charge on any atom is 0.0547 e. The number of hydrogen-bond acceptors (Lipinski definition) is 3. The van der Waals surface area contributed by atoms with E-state index < -0.39 is 0 Å². The van der Waals surface area contributed by atoms with Crippen molar-refractivity contribution < 1.29 is 0 Å². The van der Waals surface area contributed by atoms with E-state index in [0.717, 1.165) is 31.2 Å². The lowest BCUT2D eigenvalue weighted by Crippen LogP contribution is -2.39. The number of aromatic nitrogens is 1. The molecule has 1 aromatic heterocycles. The van der Waals surface area contributed by atoms with Gasteiger partial charge >= 0.3 is 0 Å². The fourth-order valence-corrected chi connectivity index (χ4v) is 3.10. The molecule has 1 N–H and O–H groups in total. The molecule has 1 aliphatic rings. The lowest BCUT2D eigenvalue weighted by atomic mass is 9.93. The Morgan fingerprint density at radius 1 is 1.29 bits per heavy atom. The largest absolute Gasteiger partial charge is 0.311 e. The second kappa shape index (κ2) is 7.90. The van der Waals surface area contributed by atoms with E-state index in [4.69, 9.17) is 4.98 Å². The van der Waals surface area contributed by atoms with Gasteiger partial charge in [-0.2, -0.15) is 0 Å². The Kier molecular flexibility index (Phi) is 6.19. The SMILES string of the molecule is CC(C)CNCc1cccc(CN2CCC(C)CC2C)n1. The molecule has 2 atom stereocenters. The first-order chi connectivity index (χ1) is 10.0. The average molecular weight is 289 g/mol. The highest BCUT2D eigenvalue weighted by Gasteiger charge is 2.22. The summed E-state index contributed by atoms with van der Waals surface area (Å²) in [6, 6.07) is 7.11. The van der Waals surface area contributed by atoms with E-state index in [1.807, 2.05) is 0 Å². The van der Waals surface area contributed by atoms with Gasteiger partial charge in [-0.1, -0.05) is 26.8 Å². The molecule has 118 valence electrons. The van der Waals surface area contributed by atoms with Gasteiger partial charge in [0.1, 0.15) is 0 Å². The normalized spacial score (nSPS) is 23.7. The van der Waals surface area contributed by atoms with Gasteiger partial charge in [0.25, 0.3) is 0 Å². The number of nitrogens with zero attached hydrogens (tertiary/aromatic N) is 2. The summed E-state index contributed by atoms with van der Waals surface area (Å²) in [7, 11) is 0. The van der Waals surface area contributed by atoms with E-state index in [1.165, 1.54) is 25.1 Å². The summed E-state index contributed by atoms with van der Waals surface area (Å²) in [5.41, 5.74) is 2.37. The zero-order valence-electron chi connectivity index (χ0n) is 14.1. The highest BCUT2D eigenvalue weighted by atomic mass is 15.2. The second-order valence-corrected chi connectivity index (χ2v) is 7.09. The lowest BCUT2D eigenvalue weighted by molar-refractivity contribution is 0.120. The molecule has 0 aliphatic carbocycles. The highest BCUT2D eigenvalue weighted by Crippen LogP contribution is 2.23. The average Bonchev–Trinajstić information content (AvgIpc) is 2.42. The molecule has 2 rings (SSSR count). The van der Waals surface area contributed by atoms with Crippen LogP contribution in [0.1, 0.15) is 51.9 Å². The molecule has 3 nitrogen and oxygen atoms in total. The summed E-state index contributed by atoms with van der Waals surface area (Å²) in [6.45, 7) is 13.3. The molecule has 0 saturated carbocycles. The molecule has 1 fully saturated rings. The van der Waals surface area contributed by atoms with E-state index >= 15 is 0 Å². The predicted molar refractivity (Wildman–Crippen MR) is 89.1 cm³/mol.